The number of thiophene rings is 1. The van der Waals surface area contributed by atoms with Gasteiger partial charge in [-0.2, -0.15) is 0 Å². The molecule has 2 aromatic rings. The molecule has 1 nitrogen and oxygen atoms in total. The highest BCUT2D eigenvalue weighted by atomic mass is 35.5. The zero-order valence-electron chi connectivity index (χ0n) is 7.13. The van der Waals surface area contributed by atoms with E-state index in [4.69, 9.17) is 17.3 Å². The Morgan fingerprint density at radius 2 is 2.00 bits per heavy atom. The van der Waals surface area contributed by atoms with Crippen LogP contribution < -0.4 is 5.73 Å². The maximum absolute atomic E-state index is 13.4. The molecular weight excluding hydrogens is 221 g/mol. The van der Waals surface area contributed by atoms with Crippen molar-refractivity contribution in [1.29, 1.82) is 0 Å². The molecule has 72 valence electrons. The molecular formula is C10H7ClFNS. The molecule has 0 fully saturated rings. The topological polar surface area (TPSA) is 26.0 Å². The van der Waals surface area contributed by atoms with Crippen molar-refractivity contribution in [1.82, 2.24) is 0 Å². The number of hydrogen-bond acceptors (Lipinski definition) is 2. The van der Waals surface area contributed by atoms with E-state index in [1.54, 1.807) is 18.2 Å². The fourth-order valence-electron chi connectivity index (χ4n) is 1.18. The molecule has 0 aliphatic carbocycles. The largest absolute Gasteiger partial charge is 0.391 e. The molecule has 0 bridgehead atoms. The van der Waals surface area contributed by atoms with Crippen LogP contribution in [0.4, 0.5) is 9.39 Å². The van der Waals surface area contributed by atoms with Crippen molar-refractivity contribution in [3.05, 3.63) is 41.2 Å². The van der Waals surface area contributed by atoms with Crippen molar-refractivity contribution in [2.24, 2.45) is 0 Å². The first-order valence-corrected chi connectivity index (χ1v) is 5.17. The van der Waals surface area contributed by atoms with Crippen LogP contribution in [0.5, 0.6) is 0 Å². The zero-order chi connectivity index (χ0) is 10.1. The normalized spacial score (nSPS) is 10.4. The van der Waals surface area contributed by atoms with E-state index in [9.17, 15) is 4.39 Å². The predicted octanol–water partition coefficient (Wildman–Crippen LogP) is 3.79. The third kappa shape index (κ3) is 1.74. The molecule has 0 aliphatic heterocycles. The molecule has 0 aliphatic rings. The van der Waals surface area contributed by atoms with Crippen molar-refractivity contribution >= 4 is 27.9 Å². The lowest BCUT2D eigenvalue weighted by molar-refractivity contribution is 0.632. The van der Waals surface area contributed by atoms with Gasteiger partial charge in [-0.15, -0.1) is 11.3 Å². The van der Waals surface area contributed by atoms with Crippen molar-refractivity contribution in [3.8, 4) is 10.4 Å². The molecule has 0 saturated heterocycles. The molecule has 0 spiro atoms. The van der Waals surface area contributed by atoms with Gasteiger partial charge in [-0.1, -0.05) is 11.6 Å². The van der Waals surface area contributed by atoms with E-state index in [0.717, 1.165) is 4.88 Å². The Bertz CT molecular complexity index is 467. The van der Waals surface area contributed by atoms with Gasteiger partial charge >= 0.3 is 0 Å². The Kier molecular flexibility index (Phi) is 2.44. The second kappa shape index (κ2) is 3.59. The van der Waals surface area contributed by atoms with Crippen LogP contribution in [0.15, 0.2) is 30.3 Å². The Labute approximate surface area is 89.9 Å². The summed E-state index contributed by atoms with van der Waals surface area (Å²) in [6.07, 6.45) is 0. The van der Waals surface area contributed by atoms with E-state index in [1.165, 1.54) is 23.5 Å². The van der Waals surface area contributed by atoms with Crippen LogP contribution in [0.3, 0.4) is 0 Å². The number of benzene rings is 1. The van der Waals surface area contributed by atoms with Gasteiger partial charge < -0.3 is 5.73 Å². The summed E-state index contributed by atoms with van der Waals surface area (Å²) in [5, 5.41) is 1.19. The molecule has 2 N–H and O–H groups in total. The minimum absolute atomic E-state index is 0.281. The molecule has 2 rings (SSSR count). The second-order valence-electron chi connectivity index (χ2n) is 2.83. The highest BCUT2D eigenvalue weighted by Crippen LogP contribution is 2.32. The SMILES string of the molecule is Nc1ccc(-c2cc(Cl)ccc2F)s1. The number of halogens is 2. The minimum atomic E-state index is -0.281. The van der Waals surface area contributed by atoms with Gasteiger partial charge in [0, 0.05) is 15.5 Å². The zero-order valence-corrected chi connectivity index (χ0v) is 8.70. The van der Waals surface area contributed by atoms with E-state index in [1.807, 2.05) is 0 Å². The van der Waals surface area contributed by atoms with Crippen molar-refractivity contribution < 1.29 is 4.39 Å². The highest BCUT2D eigenvalue weighted by molar-refractivity contribution is 7.19. The van der Waals surface area contributed by atoms with Gasteiger partial charge in [0.05, 0.1) is 5.00 Å². The molecule has 1 aromatic carbocycles. The summed E-state index contributed by atoms with van der Waals surface area (Å²) in [6.45, 7) is 0. The fraction of sp³-hybridized carbons (Fsp3) is 0. The molecule has 0 saturated carbocycles. The van der Waals surface area contributed by atoms with Gasteiger partial charge in [0.1, 0.15) is 5.82 Å². The summed E-state index contributed by atoms with van der Waals surface area (Å²) in [5.74, 6) is -0.281. The van der Waals surface area contributed by atoms with Crippen LogP contribution in [-0.4, -0.2) is 0 Å². The Hall–Kier alpha value is -1.06. The molecule has 0 atom stereocenters. The number of rotatable bonds is 1. The smallest absolute Gasteiger partial charge is 0.131 e. The number of hydrogen-bond donors (Lipinski definition) is 1. The maximum Gasteiger partial charge on any atom is 0.131 e. The quantitative estimate of drug-likeness (QED) is 0.788. The van der Waals surface area contributed by atoms with Crippen LogP contribution in [0.2, 0.25) is 5.02 Å². The van der Waals surface area contributed by atoms with Crippen LogP contribution >= 0.6 is 22.9 Å². The fourth-order valence-corrected chi connectivity index (χ4v) is 2.15. The first-order valence-electron chi connectivity index (χ1n) is 3.97. The van der Waals surface area contributed by atoms with Crippen LogP contribution in [0, 0.1) is 5.82 Å². The monoisotopic (exact) mass is 227 g/mol. The van der Waals surface area contributed by atoms with E-state index < -0.39 is 0 Å². The van der Waals surface area contributed by atoms with Gasteiger partial charge in [-0.3, -0.25) is 0 Å². The van der Waals surface area contributed by atoms with Crippen molar-refractivity contribution in [3.63, 3.8) is 0 Å². The van der Waals surface area contributed by atoms with E-state index in [0.29, 0.717) is 15.6 Å². The Morgan fingerprint density at radius 3 is 2.64 bits per heavy atom. The molecule has 0 radical (unpaired) electrons. The average molecular weight is 228 g/mol. The van der Waals surface area contributed by atoms with E-state index in [-0.39, 0.29) is 5.82 Å². The summed E-state index contributed by atoms with van der Waals surface area (Å²) in [5.41, 5.74) is 6.07. The second-order valence-corrected chi connectivity index (χ2v) is 4.38. The molecule has 14 heavy (non-hydrogen) atoms. The van der Waals surface area contributed by atoms with E-state index in [2.05, 4.69) is 0 Å². The van der Waals surface area contributed by atoms with Gasteiger partial charge in [0.15, 0.2) is 0 Å². The lowest BCUT2D eigenvalue weighted by Crippen LogP contribution is -1.80. The van der Waals surface area contributed by atoms with Crippen LogP contribution in [0.25, 0.3) is 10.4 Å². The van der Waals surface area contributed by atoms with Crippen molar-refractivity contribution in [2.75, 3.05) is 5.73 Å². The Morgan fingerprint density at radius 1 is 1.21 bits per heavy atom. The van der Waals surface area contributed by atoms with Gasteiger partial charge in [-0.05, 0) is 30.3 Å². The highest BCUT2D eigenvalue weighted by Gasteiger charge is 2.07. The summed E-state index contributed by atoms with van der Waals surface area (Å²) in [6, 6.07) is 8.02. The lowest BCUT2D eigenvalue weighted by Gasteiger charge is -1.99. The lowest BCUT2D eigenvalue weighted by atomic mass is 10.2. The van der Waals surface area contributed by atoms with Gasteiger partial charge in [-0.25, -0.2) is 4.39 Å². The summed E-state index contributed by atoms with van der Waals surface area (Å²) in [4.78, 5) is 0.794. The molecule has 4 heteroatoms. The number of nitrogen functional groups attached to an aromatic ring is 1. The minimum Gasteiger partial charge on any atom is -0.391 e. The predicted molar refractivity (Wildman–Crippen MR) is 59.1 cm³/mol. The van der Waals surface area contributed by atoms with Crippen LogP contribution in [0.1, 0.15) is 0 Å². The first-order chi connectivity index (χ1) is 6.66. The third-order valence-corrected chi connectivity index (χ3v) is 3.00. The van der Waals surface area contributed by atoms with Gasteiger partial charge in [0.2, 0.25) is 0 Å². The third-order valence-electron chi connectivity index (χ3n) is 1.82. The number of anilines is 1. The molecule has 0 unspecified atom stereocenters. The average Bonchev–Trinajstić information content (AvgIpc) is 2.56. The standard InChI is InChI=1S/C10H7ClFNS/c11-6-1-2-8(12)7(5-6)9-3-4-10(13)14-9/h1-5H,13H2. The van der Waals surface area contributed by atoms with Crippen molar-refractivity contribution in [2.45, 2.75) is 0 Å². The summed E-state index contributed by atoms with van der Waals surface area (Å²) in [7, 11) is 0. The molecule has 1 aromatic heterocycles. The molecule has 1 heterocycles. The summed E-state index contributed by atoms with van der Waals surface area (Å²) < 4.78 is 13.4. The first kappa shape index (κ1) is 9.49. The van der Waals surface area contributed by atoms with E-state index >= 15 is 0 Å². The Balaban J connectivity index is 2.55. The summed E-state index contributed by atoms with van der Waals surface area (Å²) >= 11 is 7.12. The van der Waals surface area contributed by atoms with Crippen LogP contribution in [-0.2, 0) is 0 Å². The van der Waals surface area contributed by atoms with Gasteiger partial charge in [0.25, 0.3) is 0 Å². The maximum atomic E-state index is 13.4. The molecule has 0 amide bonds. The number of nitrogens with two attached hydrogens (primary N) is 1.